The molecule has 0 spiro atoms. The topological polar surface area (TPSA) is 66.4 Å². The van der Waals surface area contributed by atoms with Gasteiger partial charge in [-0.05, 0) is 31.7 Å². The van der Waals surface area contributed by atoms with Crippen molar-refractivity contribution in [2.24, 2.45) is 11.3 Å². The fourth-order valence-electron chi connectivity index (χ4n) is 2.14. The van der Waals surface area contributed by atoms with Crippen molar-refractivity contribution in [2.45, 2.75) is 40.5 Å². The molecule has 4 nitrogen and oxygen atoms in total. The van der Waals surface area contributed by atoms with Gasteiger partial charge < -0.3 is 10.4 Å². The smallest absolute Gasteiger partial charge is 0.310 e. The van der Waals surface area contributed by atoms with Crippen molar-refractivity contribution in [2.75, 3.05) is 6.54 Å². The Balaban J connectivity index is 2.49. The summed E-state index contributed by atoms with van der Waals surface area (Å²) in [4.78, 5) is 23.3. The summed E-state index contributed by atoms with van der Waals surface area (Å²) in [6.07, 6.45) is 0.757. The summed E-state index contributed by atoms with van der Waals surface area (Å²) in [5.74, 6) is -1.23. The van der Waals surface area contributed by atoms with E-state index in [0.29, 0.717) is 6.54 Å². The second kappa shape index (κ2) is 7.25. The van der Waals surface area contributed by atoms with Crippen LogP contribution in [0.15, 0.2) is 24.3 Å². The number of hydrogen-bond donors (Lipinski definition) is 2. The predicted molar refractivity (Wildman–Crippen MR) is 83.1 cm³/mol. The monoisotopic (exact) mass is 291 g/mol. The summed E-state index contributed by atoms with van der Waals surface area (Å²) in [7, 11) is 0. The van der Waals surface area contributed by atoms with Gasteiger partial charge >= 0.3 is 5.97 Å². The number of carboxylic acids is 1. The first-order chi connectivity index (χ1) is 9.75. The number of benzene rings is 1. The van der Waals surface area contributed by atoms with Gasteiger partial charge in [0.25, 0.3) is 0 Å². The SMILES string of the molecule is Cc1cccc(CCNC(=O)CC(C)(C(=O)O)C(C)C)c1. The summed E-state index contributed by atoms with van der Waals surface area (Å²) in [6, 6.07) is 8.13. The third kappa shape index (κ3) is 4.88. The van der Waals surface area contributed by atoms with E-state index in [2.05, 4.69) is 11.4 Å². The molecule has 1 unspecified atom stereocenters. The second-order valence-corrected chi connectivity index (χ2v) is 6.14. The van der Waals surface area contributed by atoms with Crippen molar-refractivity contribution in [3.8, 4) is 0 Å². The van der Waals surface area contributed by atoms with Gasteiger partial charge in [-0.2, -0.15) is 0 Å². The first-order valence-electron chi connectivity index (χ1n) is 7.31. The van der Waals surface area contributed by atoms with Crippen LogP contribution in [0, 0.1) is 18.3 Å². The maximum atomic E-state index is 12.0. The van der Waals surface area contributed by atoms with E-state index in [-0.39, 0.29) is 18.2 Å². The molecule has 0 aromatic heterocycles. The lowest BCUT2D eigenvalue weighted by Gasteiger charge is -2.28. The summed E-state index contributed by atoms with van der Waals surface area (Å²) >= 11 is 0. The van der Waals surface area contributed by atoms with E-state index in [0.717, 1.165) is 6.42 Å². The molecule has 0 aliphatic rings. The number of amides is 1. The van der Waals surface area contributed by atoms with Crippen molar-refractivity contribution in [1.82, 2.24) is 5.32 Å². The molecule has 0 fully saturated rings. The molecule has 0 bridgehead atoms. The van der Waals surface area contributed by atoms with Gasteiger partial charge in [0.1, 0.15) is 0 Å². The van der Waals surface area contributed by atoms with Crippen LogP contribution in [-0.4, -0.2) is 23.5 Å². The molecule has 4 heteroatoms. The van der Waals surface area contributed by atoms with Crippen LogP contribution in [0.25, 0.3) is 0 Å². The zero-order chi connectivity index (χ0) is 16.0. The van der Waals surface area contributed by atoms with E-state index in [1.807, 2.05) is 39.0 Å². The van der Waals surface area contributed by atoms with Crippen LogP contribution in [0.3, 0.4) is 0 Å². The molecule has 1 aromatic rings. The fraction of sp³-hybridized carbons (Fsp3) is 0.529. The number of aryl methyl sites for hydroxylation is 1. The van der Waals surface area contributed by atoms with Crippen LogP contribution in [0.5, 0.6) is 0 Å². The molecule has 0 saturated carbocycles. The fourth-order valence-corrected chi connectivity index (χ4v) is 2.14. The van der Waals surface area contributed by atoms with Crippen LogP contribution in [0.4, 0.5) is 0 Å². The Morgan fingerprint density at radius 3 is 2.52 bits per heavy atom. The summed E-state index contributed by atoms with van der Waals surface area (Å²) in [6.45, 7) is 7.83. The molecule has 0 aliphatic carbocycles. The van der Waals surface area contributed by atoms with Crippen LogP contribution < -0.4 is 5.32 Å². The Morgan fingerprint density at radius 2 is 2.00 bits per heavy atom. The minimum atomic E-state index is -1.02. The van der Waals surface area contributed by atoms with Gasteiger partial charge in [-0.1, -0.05) is 43.7 Å². The Labute approximate surface area is 126 Å². The first kappa shape index (κ1) is 17.2. The zero-order valence-corrected chi connectivity index (χ0v) is 13.3. The molecule has 1 amide bonds. The molecule has 116 valence electrons. The maximum Gasteiger partial charge on any atom is 0.310 e. The standard InChI is InChI=1S/C17H25NO3/c1-12(2)17(4,16(20)21)11-15(19)18-9-8-14-7-5-6-13(3)10-14/h5-7,10,12H,8-9,11H2,1-4H3,(H,18,19)(H,20,21). The quantitative estimate of drug-likeness (QED) is 0.812. The molecule has 0 radical (unpaired) electrons. The minimum absolute atomic E-state index is 0.00776. The van der Waals surface area contributed by atoms with Crippen molar-refractivity contribution in [3.63, 3.8) is 0 Å². The Morgan fingerprint density at radius 1 is 1.33 bits per heavy atom. The largest absolute Gasteiger partial charge is 0.481 e. The van der Waals surface area contributed by atoms with Crippen molar-refractivity contribution in [3.05, 3.63) is 35.4 Å². The van der Waals surface area contributed by atoms with Gasteiger partial charge in [-0.15, -0.1) is 0 Å². The van der Waals surface area contributed by atoms with Crippen molar-refractivity contribution >= 4 is 11.9 Å². The van der Waals surface area contributed by atoms with Gasteiger partial charge in [0.15, 0.2) is 0 Å². The second-order valence-electron chi connectivity index (χ2n) is 6.14. The van der Waals surface area contributed by atoms with Crippen LogP contribution in [0.1, 0.15) is 38.3 Å². The molecule has 21 heavy (non-hydrogen) atoms. The molecule has 0 aliphatic heterocycles. The molecule has 0 heterocycles. The Kier molecular flexibility index (Phi) is 5.94. The number of hydrogen-bond acceptors (Lipinski definition) is 2. The normalized spacial score (nSPS) is 13.8. The van der Waals surface area contributed by atoms with Crippen molar-refractivity contribution in [1.29, 1.82) is 0 Å². The maximum absolute atomic E-state index is 12.0. The highest BCUT2D eigenvalue weighted by Gasteiger charge is 2.38. The third-order valence-electron chi connectivity index (χ3n) is 4.11. The van der Waals surface area contributed by atoms with Crippen molar-refractivity contribution < 1.29 is 14.7 Å². The molecule has 2 N–H and O–H groups in total. The van der Waals surface area contributed by atoms with Gasteiger partial charge in [-0.25, -0.2) is 0 Å². The lowest BCUT2D eigenvalue weighted by Crippen LogP contribution is -2.39. The molecular weight excluding hydrogens is 266 g/mol. The number of rotatable bonds is 7. The van der Waals surface area contributed by atoms with E-state index in [4.69, 9.17) is 0 Å². The molecular formula is C17H25NO3. The third-order valence-corrected chi connectivity index (χ3v) is 4.11. The molecule has 1 rings (SSSR count). The Hall–Kier alpha value is -1.84. The summed E-state index contributed by atoms with van der Waals surface area (Å²) < 4.78 is 0. The van der Waals surface area contributed by atoms with Crippen LogP contribution >= 0.6 is 0 Å². The van der Waals surface area contributed by atoms with E-state index < -0.39 is 11.4 Å². The number of aliphatic carboxylic acids is 1. The zero-order valence-electron chi connectivity index (χ0n) is 13.3. The molecule has 0 saturated heterocycles. The van der Waals surface area contributed by atoms with Gasteiger partial charge in [0, 0.05) is 13.0 Å². The van der Waals surface area contributed by atoms with Crippen LogP contribution in [-0.2, 0) is 16.0 Å². The minimum Gasteiger partial charge on any atom is -0.481 e. The van der Waals surface area contributed by atoms with E-state index in [9.17, 15) is 14.7 Å². The van der Waals surface area contributed by atoms with E-state index in [1.165, 1.54) is 11.1 Å². The van der Waals surface area contributed by atoms with Crippen LogP contribution in [0.2, 0.25) is 0 Å². The van der Waals surface area contributed by atoms with Gasteiger partial charge in [0.05, 0.1) is 5.41 Å². The first-order valence-corrected chi connectivity index (χ1v) is 7.31. The number of carbonyl (C=O) groups is 2. The van der Waals surface area contributed by atoms with E-state index in [1.54, 1.807) is 6.92 Å². The van der Waals surface area contributed by atoms with Gasteiger partial charge in [0.2, 0.25) is 5.91 Å². The highest BCUT2D eigenvalue weighted by molar-refractivity contribution is 5.84. The average Bonchev–Trinajstić information content (AvgIpc) is 2.38. The van der Waals surface area contributed by atoms with Gasteiger partial charge in [-0.3, -0.25) is 9.59 Å². The average molecular weight is 291 g/mol. The number of nitrogens with one attached hydrogen (secondary N) is 1. The number of carbonyl (C=O) groups excluding carboxylic acids is 1. The number of carboxylic acid groups (broad SMARTS) is 1. The molecule has 1 aromatic carbocycles. The summed E-state index contributed by atoms with van der Waals surface area (Å²) in [5, 5.41) is 12.1. The Bertz CT molecular complexity index is 511. The highest BCUT2D eigenvalue weighted by Crippen LogP contribution is 2.31. The summed E-state index contributed by atoms with van der Waals surface area (Å²) in [5.41, 5.74) is 1.34. The molecule has 1 atom stereocenters. The lowest BCUT2D eigenvalue weighted by atomic mass is 9.76. The predicted octanol–water partition coefficient (Wildman–Crippen LogP) is 2.79. The highest BCUT2D eigenvalue weighted by atomic mass is 16.4. The lowest BCUT2D eigenvalue weighted by molar-refractivity contribution is -0.153. The van der Waals surface area contributed by atoms with E-state index >= 15 is 0 Å².